The van der Waals surface area contributed by atoms with E-state index in [1.54, 1.807) is 20.3 Å². The summed E-state index contributed by atoms with van der Waals surface area (Å²) in [6, 6.07) is 5.43. The van der Waals surface area contributed by atoms with E-state index in [1.807, 2.05) is 12.1 Å². The highest BCUT2D eigenvalue weighted by Gasteiger charge is 2.00. The highest BCUT2D eigenvalue weighted by molar-refractivity contribution is 5.54. The van der Waals surface area contributed by atoms with E-state index in [4.69, 9.17) is 15.2 Å². The third kappa shape index (κ3) is 2.55. The van der Waals surface area contributed by atoms with E-state index in [-0.39, 0.29) is 0 Å². The Bertz CT molecular complexity index is 586. The minimum atomic E-state index is 0.525. The van der Waals surface area contributed by atoms with Crippen LogP contribution in [-0.4, -0.2) is 24.4 Å². The zero-order valence-corrected chi connectivity index (χ0v) is 10.2. The second kappa shape index (κ2) is 5.15. The van der Waals surface area contributed by atoms with Gasteiger partial charge in [0.05, 0.1) is 26.1 Å². The van der Waals surface area contributed by atoms with Gasteiger partial charge in [0.15, 0.2) is 0 Å². The Balaban J connectivity index is 2.34. The molecule has 0 radical (unpaired) electrons. The molecule has 5 heteroatoms. The molecule has 2 rings (SSSR count). The van der Waals surface area contributed by atoms with Gasteiger partial charge in [-0.3, -0.25) is 5.10 Å². The van der Waals surface area contributed by atoms with Crippen LogP contribution in [0.4, 0.5) is 5.69 Å². The van der Waals surface area contributed by atoms with E-state index < -0.39 is 0 Å². The molecule has 0 atom stereocenters. The quantitative estimate of drug-likeness (QED) is 0.782. The Kier molecular flexibility index (Phi) is 3.39. The Labute approximate surface area is 105 Å². The lowest BCUT2D eigenvalue weighted by molar-refractivity contribution is 0.394. The van der Waals surface area contributed by atoms with Crippen molar-refractivity contribution in [3.8, 4) is 23.3 Å². The molecule has 1 aromatic carbocycles. The maximum absolute atomic E-state index is 5.67. The molecule has 0 saturated heterocycles. The average Bonchev–Trinajstić information content (AvgIpc) is 2.81. The molecule has 0 bridgehead atoms. The van der Waals surface area contributed by atoms with Crippen LogP contribution in [0.1, 0.15) is 11.3 Å². The van der Waals surface area contributed by atoms with Crippen LogP contribution in [0, 0.1) is 11.8 Å². The van der Waals surface area contributed by atoms with Crippen LogP contribution in [0.15, 0.2) is 24.4 Å². The van der Waals surface area contributed by atoms with Crippen molar-refractivity contribution in [3.05, 3.63) is 35.7 Å². The molecule has 0 spiro atoms. The van der Waals surface area contributed by atoms with Gasteiger partial charge in [0.2, 0.25) is 0 Å². The van der Waals surface area contributed by atoms with Gasteiger partial charge in [0.1, 0.15) is 17.2 Å². The van der Waals surface area contributed by atoms with Gasteiger partial charge in [-0.2, -0.15) is 5.10 Å². The molecule has 3 N–H and O–H groups in total. The summed E-state index contributed by atoms with van der Waals surface area (Å²) >= 11 is 0. The number of aromatic amines is 1. The molecular weight excluding hydrogens is 230 g/mol. The maximum Gasteiger partial charge on any atom is 0.131 e. The SMILES string of the molecule is COc1cc(C#Cc2[nH]ncc2N)cc(OC)c1. The van der Waals surface area contributed by atoms with Crippen LogP contribution in [0.2, 0.25) is 0 Å². The Morgan fingerprint density at radius 2 is 1.78 bits per heavy atom. The van der Waals surface area contributed by atoms with E-state index in [0.29, 0.717) is 22.9 Å². The van der Waals surface area contributed by atoms with Gasteiger partial charge in [-0.05, 0) is 18.1 Å². The van der Waals surface area contributed by atoms with Crippen LogP contribution >= 0.6 is 0 Å². The predicted octanol–water partition coefficient (Wildman–Crippen LogP) is 1.41. The first-order valence-corrected chi connectivity index (χ1v) is 5.27. The standard InChI is InChI=1S/C13H13N3O2/c1-17-10-5-9(6-11(7-10)18-2)3-4-13-12(14)8-15-16-13/h5-8H,14H2,1-2H3,(H,15,16). The molecule has 18 heavy (non-hydrogen) atoms. The first-order valence-electron chi connectivity index (χ1n) is 5.27. The number of nitrogens with two attached hydrogens (primary N) is 1. The van der Waals surface area contributed by atoms with E-state index in [0.717, 1.165) is 5.56 Å². The van der Waals surface area contributed by atoms with E-state index in [2.05, 4.69) is 22.0 Å². The molecule has 0 amide bonds. The number of ether oxygens (including phenoxy) is 2. The molecular formula is C13H13N3O2. The summed E-state index contributed by atoms with van der Waals surface area (Å²) in [5, 5.41) is 6.52. The van der Waals surface area contributed by atoms with Crippen LogP contribution in [-0.2, 0) is 0 Å². The van der Waals surface area contributed by atoms with Crippen molar-refractivity contribution >= 4 is 5.69 Å². The predicted molar refractivity (Wildman–Crippen MR) is 68.5 cm³/mol. The maximum atomic E-state index is 5.67. The number of hydrogen-bond acceptors (Lipinski definition) is 4. The Morgan fingerprint density at radius 1 is 1.11 bits per heavy atom. The van der Waals surface area contributed by atoms with Gasteiger partial charge in [-0.15, -0.1) is 0 Å². The number of aromatic nitrogens is 2. The van der Waals surface area contributed by atoms with Crippen molar-refractivity contribution in [1.82, 2.24) is 10.2 Å². The number of anilines is 1. The van der Waals surface area contributed by atoms with Gasteiger partial charge in [-0.1, -0.05) is 5.92 Å². The highest BCUT2D eigenvalue weighted by Crippen LogP contribution is 2.21. The number of hydrogen-bond donors (Lipinski definition) is 2. The molecule has 0 fully saturated rings. The summed E-state index contributed by atoms with van der Waals surface area (Å²) in [6.45, 7) is 0. The van der Waals surface area contributed by atoms with Crippen molar-refractivity contribution in [2.75, 3.05) is 20.0 Å². The fraction of sp³-hybridized carbons (Fsp3) is 0.154. The minimum absolute atomic E-state index is 0.525. The fourth-order valence-electron chi connectivity index (χ4n) is 1.41. The molecule has 2 aromatic rings. The van der Waals surface area contributed by atoms with Crippen molar-refractivity contribution in [1.29, 1.82) is 0 Å². The first kappa shape index (κ1) is 11.9. The van der Waals surface area contributed by atoms with Crippen molar-refractivity contribution in [2.24, 2.45) is 0 Å². The molecule has 0 aliphatic carbocycles. The number of methoxy groups -OCH3 is 2. The number of H-pyrrole nitrogens is 1. The fourth-order valence-corrected chi connectivity index (χ4v) is 1.41. The highest BCUT2D eigenvalue weighted by atomic mass is 16.5. The molecule has 0 unspecified atom stereocenters. The Hall–Kier alpha value is -2.61. The van der Waals surface area contributed by atoms with Gasteiger partial charge in [0, 0.05) is 11.6 Å². The number of nitrogens with zero attached hydrogens (tertiary/aromatic N) is 1. The molecule has 0 saturated carbocycles. The van der Waals surface area contributed by atoms with Crippen molar-refractivity contribution in [3.63, 3.8) is 0 Å². The third-order valence-electron chi connectivity index (χ3n) is 2.35. The molecule has 0 aliphatic rings. The van der Waals surface area contributed by atoms with Gasteiger partial charge in [-0.25, -0.2) is 0 Å². The zero-order chi connectivity index (χ0) is 13.0. The topological polar surface area (TPSA) is 73.2 Å². The largest absolute Gasteiger partial charge is 0.497 e. The second-order valence-electron chi connectivity index (χ2n) is 3.55. The number of nitrogens with one attached hydrogen (secondary N) is 1. The lowest BCUT2D eigenvalue weighted by Crippen LogP contribution is -1.89. The summed E-state index contributed by atoms with van der Waals surface area (Å²) in [6.07, 6.45) is 1.52. The van der Waals surface area contributed by atoms with Gasteiger partial charge in [0.25, 0.3) is 0 Å². The van der Waals surface area contributed by atoms with Crippen LogP contribution < -0.4 is 15.2 Å². The summed E-state index contributed by atoms with van der Waals surface area (Å²) in [5.41, 5.74) is 7.57. The van der Waals surface area contributed by atoms with E-state index in [1.165, 1.54) is 6.20 Å². The van der Waals surface area contributed by atoms with Gasteiger partial charge >= 0.3 is 0 Å². The van der Waals surface area contributed by atoms with Crippen LogP contribution in [0.5, 0.6) is 11.5 Å². The third-order valence-corrected chi connectivity index (χ3v) is 2.35. The van der Waals surface area contributed by atoms with Crippen LogP contribution in [0.25, 0.3) is 0 Å². The number of benzene rings is 1. The number of nitrogen functional groups attached to an aromatic ring is 1. The molecule has 1 aromatic heterocycles. The smallest absolute Gasteiger partial charge is 0.131 e. The summed E-state index contributed by atoms with van der Waals surface area (Å²) in [5.74, 6) is 7.27. The Morgan fingerprint density at radius 3 is 2.28 bits per heavy atom. The van der Waals surface area contributed by atoms with E-state index >= 15 is 0 Å². The van der Waals surface area contributed by atoms with Crippen LogP contribution in [0.3, 0.4) is 0 Å². The summed E-state index contributed by atoms with van der Waals surface area (Å²) in [7, 11) is 3.19. The monoisotopic (exact) mass is 243 g/mol. The molecule has 5 nitrogen and oxygen atoms in total. The average molecular weight is 243 g/mol. The van der Waals surface area contributed by atoms with Crippen molar-refractivity contribution < 1.29 is 9.47 Å². The summed E-state index contributed by atoms with van der Waals surface area (Å²) < 4.78 is 10.3. The molecule has 92 valence electrons. The zero-order valence-electron chi connectivity index (χ0n) is 10.2. The summed E-state index contributed by atoms with van der Waals surface area (Å²) in [4.78, 5) is 0. The minimum Gasteiger partial charge on any atom is -0.497 e. The lowest BCUT2D eigenvalue weighted by Gasteiger charge is -2.04. The lowest BCUT2D eigenvalue weighted by atomic mass is 10.2. The molecule has 0 aliphatic heterocycles. The van der Waals surface area contributed by atoms with Gasteiger partial charge < -0.3 is 15.2 Å². The number of rotatable bonds is 2. The normalized spacial score (nSPS) is 9.44. The van der Waals surface area contributed by atoms with E-state index in [9.17, 15) is 0 Å². The van der Waals surface area contributed by atoms with Crippen molar-refractivity contribution in [2.45, 2.75) is 0 Å². The second-order valence-corrected chi connectivity index (χ2v) is 3.55. The first-order chi connectivity index (χ1) is 8.72. The molecule has 1 heterocycles.